The fourth-order valence-electron chi connectivity index (χ4n) is 2.64. The third-order valence-electron chi connectivity index (χ3n) is 4.28. The molecule has 0 aromatic heterocycles. The predicted octanol–water partition coefficient (Wildman–Crippen LogP) is 1.61. The highest BCUT2D eigenvalue weighted by molar-refractivity contribution is 5.78. The SMILES string of the molecule is CC(C)(C)NCC1CCN(CC(=O)NCC2CC2)CC1. The van der Waals surface area contributed by atoms with E-state index in [1.807, 2.05) is 0 Å². The average Bonchev–Trinajstić information content (AvgIpc) is 3.19. The molecule has 1 saturated heterocycles. The molecule has 2 fully saturated rings. The Balaban J connectivity index is 1.57. The molecule has 2 aliphatic rings. The minimum absolute atomic E-state index is 0.208. The van der Waals surface area contributed by atoms with Crippen LogP contribution in [0.4, 0.5) is 0 Å². The summed E-state index contributed by atoms with van der Waals surface area (Å²) in [5.41, 5.74) is 0.208. The summed E-state index contributed by atoms with van der Waals surface area (Å²) >= 11 is 0. The molecule has 116 valence electrons. The normalized spacial score (nSPS) is 21.9. The van der Waals surface area contributed by atoms with Crippen molar-refractivity contribution in [3.05, 3.63) is 0 Å². The van der Waals surface area contributed by atoms with Gasteiger partial charge in [-0.1, -0.05) is 0 Å². The van der Waals surface area contributed by atoms with E-state index in [4.69, 9.17) is 0 Å². The average molecular weight is 281 g/mol. The zero-order valence-electron chi connectivity index (χ0n) is 13.4. The van der Waals surface area contributed by atoms with Gasteiger partial charge in [-0.15, -0.1) is 0 Å². The Hall–Kier alpha value is -0.610. The Morgan fingerprint density at radius 2 is 1.65 bits per heavy atom. The topological polar surface area (TPSA) is 44.4 Å². The van der Waals surface area contributed by atoms with Crippen molar-refractivity contribution < 1.29 is 4.79 Å². The van der Waals surface area contributed by atoms with Crippen molar-refractivity contribution >= 4 is 5.91 Å². The van der Waals surface area contributed by atoms with Crippen molar-refractivity contribution in [2.24, 2.45) is 11.8 Å². The summed E-state index contributed by atoms with van der Waals surface area (Å²) in [5, 5.41) is 6.64. The van der Waals surface area contributed by atoms with Crippen LogP contribution in [0.15, 0.2) is 0 Å². The summed E-state index contributed by atoms with van der Waals surface area (Å²) in [7, 11) is 0. The van der Waals surface area contributed by atoms with Crippen LogP contribution >= 0.6 is 0 Å². The second-order valence-electron chi connectivity index (χ2n) is 7.60. The van der Waals surface area contributed by atoms with Gasteiger partial charge in [-0.25, -0.2) is 0 Å². The molecule has 0 radical (unpaired) electrons. The monoisotopic (exact) mass is 281 g/mol. The molecule has 0 unspecified atom stereocenters. The maximum atomic E-state index is 11.8. The van der Waals surface area contributed by atoms with Gasteiger partial charge in [-0.3, -0.25) is 9.69 Å². The maximum Gasteiger partial charge on any atom is 0.234 e. The van der Waals surface area contributed by atoms with E-state index >= 15 is 0 Å². The number of piperidine rings is 1. The molecule has 0 aromatic rings. The van der Waals surface area contributed by atoms with E-state index in [9.17, 15) is 4.79 Å². The number of amides is 1. The lowest BCUT2D eigenvalue weighted by molar-refractivity contribution is -0.122. The van der Waals surface area contributed by atoms with Crippen LogP contribution in [0.5, 0.6) is 0 Å². The lowest BCUT2D eigenvalue weighted by atomic mass is 9.95. The molecule has 1 saturated carbocycles. The lowest BCUT2D eigenvalue weighted by Gasteiger charge is -2.33. The number of carbonyl (C=O) groups is 1. The van der Waals surface area contributed by atoms with Crippen LogP contribution in [-0.2, 0) is 4.79 Å². The molecule has 1 heterocycles. The van der Waals surface area contributed by atoms with E-state index < -0.39 is 0 Å². The number of rotatable bonds is 6. The molecule has 4 nitrogen and oxygen atoms in total. The van der Waals surface area contributed by atoms with Crippen molar-refractivity contribution in [2.45, 2.75) is 52.0 Å². The minimum Gasteiger partial charge on any atom is -0.355 e. The molecule has 1 aliphatic heterocycles. The highest BCUT2D eigenvalue weighted by Crippen LogP contribution is 2.27. The van der Waals surface area contributed by atoms with Gasteiger partial charge in [0.05, 0.1) is 6.54 Å². The molecular formula is C16H31N3O. The van der Waals surface area contributed by atoms with Gasteiger partial charge >= 0.3 is 0 Å². The largest absolute Gasteiger partial charge is 0.355 e. The number of nitrogens with zero attached hydrogens (tertiary/aromatic N) is 1. The van der Waals surface area contributed by atoms with Crippen molar-refractivity contribution in [2.75, 3.05) is 32.7 Å². The summed E-state index contributed by atoms with van der Waals surface area (Å²) in [6, 6.07) is 0. The molecule has 0 aromatic carbocycles. The maximum absolute atomic E-state index is 11.8. The number of likely N-dealkylation sites (tertiary alicyclic amines) is 1. The minimum atomic E-state index is 0.208. The Labute approximate surface area is 123 Å². The first-order valence-electron chi connectivity index (χ1n) is 8.16. The molecule has 2 rings (SSSR count). The first kappa shape index (κ1) is 15.8. The van der Waals surface area contributed by atoms with Crippen LogP contribution in [0.1, 0.15) is 46.5 Å². The van der Waals surface area contributed by atoms with E-state index in [1.165, 1.54) is 25.7 Å². The molecule has 0 spiro atoms. The van der Waals surface area contributed by atoms with Gasteiger partial charge in [0.1, 0.15) is 0 Å². The molecule has 20 heavy (non-hydrogen) atoms. The fourth-order valence-corrected chi connectivity index (χ4v) is 2.64. The van der Waals surface area contributed by atoms with Crippen molar-refractivity contribution in [3.63, 3.8) is 0 Å². The zero-order valence-corrected chi connectivity index (χ0v) is 13.4. The van der Waals surface area contributed by atoms with Gasteiger partial charge in [0.15, 0.2) is 0 Å². The van der Waals surface area contributed by atoms with Crippen LogP contribution < -0.4 is 10.6 Å². The van der Waals surface area contributed by atoms with Gasteiger partial charge in [0.25, 0.3) is 0 Å². The van der Waals surface area contributed by atoms with Gasteiger partial charge in [0.2, 0.25) is 5.91 Å². The Morgan fingerprint density at radius 1 is 1.05 bits per heavy atom. The Kier molecular flexibility index (Phi) is 5.44. The van der Waals surface area contributed by atoms with Crippen LogP contribution in [-0.4, -0.2) is 49.1 Å². The molecule has 2 N–H and O–H groups in total. The van der Waals surface area contributed by atoms with Crippen LogP contribution in [0.2, 0.25) is 0 Å². The highest BCUT2D eigenvalue weighted by atomic mass is 16.2. The first-order chi connectivity index (χ1) is 9.42. The van der Waals surface area contributed by atoms with Crippen LogP contribution in [0.3, 0.4) is 0 Å². The highest BCUT2D eigenvalue weighted by Gasteiger charge is 2.24. The fraction of sp³-hybridized carbons (Fsp3) is 0.938. The summed E-state index contributed by atoms with van der Waals surface area (Å²) in [5.74, 6) is 1.75. The van der Waals surface area contributed by atoms with Crippen LogP contribution in [0, 0.1) is 11.8 Å². The molecule has 4 heteroatoms. The van der Waals surface area contributed by atoms with Gasteiger partial charge in [-0.05, 0) is 77.9 Å². The zero-order chi connectivity index (χ0) is 14.6. The van der Waals surface area contributed by atoms with E-state index in [-0.39, 0.29) is 11.4 Å². The summed E-state index contributed by atoms with van der Waals surface area (Å²) in [6.45, 7) is 11.4. The third-order valence-corrected chi connectivity index (χ3v) is 4.28. The van der Waals surface area contributed by atoms with Gasteiger partial charge in [-0.2, -0.15) is 0 Å². The first-order valence-corrected chi connectivity index (χ1v) is 8.16. The molecule has 1 amide bonds. The number of hydrogen-bond donors (Lipinski definition) is 2. The summed E-state index contributed by atoms with van der Waals surface area (Å²) in [4.78, 5) is 14.1. The third kappa shape index (κ3) is 6.23. The molecular weight excluding hydrogens is 250 g/mol. The summed E-state index contributed by atoms with van der Waals surface area (Å²) < 4.78 is 0. The second kappa shape index (κ2) is 6.90. The Morgan fingerprint density at radius 3 is 2.20 bits per heavy atom. The molecule has 0 atom stereocenters. The van der Waals surface area contributed by atoms with E-state index in [1.54, 1.807) is 0 Å². The standard InChI is InChI=1S/C16H31N3O/c1-16(2,3)18-11-14-6-8-19(9-7-14)12-15(20)17-10-13-4-5-13/h13-14,18H,4-12H2,1-3H3,(H,17,20). The van der Waals surface area contributed by atoms with E-state index in [2.05, 4.69) is 36.3 Å². The second-order valence-corrected chi connectivity index (χ2v) is 7.60. The van der Waals surface area contributed by atoms with Crippen molar-refractivity contribution in [3.8, 4) is 0 Å². The number of nitrogens with one attached hydrogen (secondary N) is 2. The molecule has 1 aliphatic carbocycles. The number of carbonyl (C=O) groups excluding carboxylic acids is 1. The number of hydrogen-bond acceptors (Lipinski definition) is 3. The Bertz CT molecular complexity index is 312. The predicted molar refractivity (Wildman–Crippen MR) is 82.7 cm³/mol. The molecule has 0 bridgehead atoms. The van der Waals surface area contributed by atoms with E-state index in [0.717, 1.165) is 38.0 Å². The van der Waals surface area contributed by atoms with Crippen LogP contribution in [0.25, 0.3) is 0 Å². The van der Waals surface area contributed by atoms with Gasteiger partial charge < -0.3 is 10.6 Å². The van der Waals surface area contributed by atoms with Gasteiger partial charge in [0, 0.05) is 12.1 Å². The van der Waals surface area contributed by atoms with Crippen molar-refractivity contribution in [1.82, 2.24) is 15.5 Å². The quantitative estimate of drug-likeness (QED) is 0.777. The lowest BCUT2D eigenvalue weighted by Crippen LogP contribution is -2.45. The smallest absolute Gasteiger partial charge is 0.234 e. The summed E-state index contributed by atoms with van der Waals surface area (Å²) in [6.07, 6.45) is 5.01. The van der Waals surface area contributed by atoms with E-state index in [0.29, 0.717) is 6.54 Å². The van der Waals surface area contributed by atoms with Crippen molar-refractivity contribution in [1.29, 1.82) is 0 Å².